The number of amides is 1. The third-order valence-corrected chi connectivity index (χ3v) is 4.58. The molecule has 19 heavy (non-hydrogen) atoms. The van der Waals surface area contributed by atoms with Crippen molar-refractivity contribution < 1.29 is 4.79 Å². The lowest BCUT2D eigenvalue weighted by atomic mass is 10.1. The summed E-state index contributed by atoms with van der Waals surface area (Å²) >= 11 is 1.49. The number of aryl methyl sites for hydroxylation is 1. The van der Waals surface area contributed by atoms with Crippen LogP contribution in [0.1, 0.15) is 19.4 Å². The van der Waals surface area contributed by atoms with E-state index in [-0.39, 0.29) is 17.4 Å². The molecule has 1 aliphatic heterocycles. The van der Waals surface area contributed by atoms with Gasteiger partial charge in [-0.05, 0) is 20.8 Å². The molecular formula is C13H19N3O2S. The smallest absolute Gasteiger partial charge is 0.257 e. The van der Waals surface area contributed by atoms with Crippen molar-refractivity contribution in [3.8, 4) is 0 Å². The van der Waals surface area contributed by atoms with Crippen LogP contribution in [0.25, 0.3) is 0 Å². The standard InChI is InChI=1S/C13H19N3O2S/c1-4-15(5-2)12(18)10-7-16-11(17)9(3)6-14-13(16)19-8-10/h6,10H,4-5,7-8H2,1-3H3. The molecule has 0 fully saturated rings. The molecule has 5 nitrogen and oxygen atoms in total. The summed E-state index contributed by atoms with van der Waals surface area (Å²) in [6, 6.07) is 0. The second kappa shape index (κ2) is 5.77. The molecule has 1 aromatic rings. The number of hydrogen-bond donors (Lipinski definition) is 0. The molecule has 0 bridgehead atoms. The fraction of sp³-hybridized carbons (Fsp3) is 0.615. The van der Waals surface area contributed by atoms with Gasteiger partial charge in [0.1, 0.15) is 0 Å². The zero-order chi connectivity index (χ0) is 14.0. The number of aromatic nitrogens is 2. The largest absolute Gasteiger partial charge is 0.343 e. The second-order valence-electron chi connectivity index (χ2n) is 4.66. The summed E-state index contributed by atoms with van der Waals surface area (Å²) < 4.78 is 1.63. The predicted molar refractivity (Wildman–Crippen MR) is 75.4 cm³/mol. The van der Waals surface area contributed by atoms with Crippen LogP contribution < -0.4 is 5.56 Å². The minimum Gasteiger partial charge on any atom is -0.343 e. The SMILES string of the molecule is CCN(CC)C(=O)C1CSc2ncc(C)c(=O)n2C1. The van der Waals surface area contributed by atoms with Gasteiger partial charge in [0.15, 0.2) is 5.16 Å². The zero-order valence-corrected chi connectivity index (χ0v) is 12.4. The summed E-state index contributed by atoms with van der Waals surface area (Å²) in [5.74, 6) is 0.709. The molecule has 0 spiro atoms. The maximum atomic E-state index is 12.3. The highest BCUT2D eigenvalue weighted by Gasteiger charge is 2.29. The molecule has 2 rings (SSSR count). The molecule has 1 aliphatic rings. The van der Waals surface area contributed by atoms with Crippen molar-refractivity contribution in [2.45, 2.75) is 32.5 Å². The molecule has 1 aromatic heterocycles. The van der Waals surface area contributed by atoms with Gasteiger partial charge in [0.05, 0.1) is 5.92 Å². The van der Waals surface area contributed by atoms with Crippen molar-refractivity contribution in [2.75, 3.05) is 18.8 Å². The Balaban J connectivity index is 2.24. The van der Waals surface area contributed by atoms with Crippen LogP contribution in [0.2, 0.25) is 0 Å². The summed E-state index contributed by atoms with van der Waals surface area (Å²) in [6.07, 6.45) is 1.60. The van der Waals surface area contributed by atoms with Gasteiger partial charge in [-0.1, -0.05) is 11.8 Å². The summed E-state index contributed by atoms with van der Waals surface area (Å²) in [6.45, 7) is 7.58. The van der Waals surface area contributed by atoms with Crippen molar-refractivity contribution >= 4 is 17.7 Å². The van der Waals surface area contributed by atoms with Gasteiger partial charge in [-0.3, -0.25) is 14.2 Å². The number of carbonyl (C=O) groups is 1. The number of fused-ring (bicyclic) bond motifs is 1. The zero-order valence-electron chi connectivity index (χ0n) is 11.5. The average Bonchev–Trinajstić information content (AvgIpc) is 2.44. The third kappa shape index (κ3) is 2.68. The van der Waals surface area contributed by atoms with Crippen LogP contribution in [0.3, 0.4) is 0 Å². The number of nitrogens with zero attached hydrogens (tertiary/aromatic N) is 3. The maximum absolute atomic E-state index is 12.3. The molecule has 1 atom stereocenters. The summed E-state index contributed by atoms with van der Waals surface area (Å²) in [7, 11) is 0. The second-order valence-corrected chi connectivity index (χ2v) is 5.65. The lowest BCUT2D eigenvalue weighted by Crippen LogP contribution is -2.42. The highest BCUT2D eigenvalue weighted by Crippen LogP contribution is 2.25. The third-order valence-electron chi connectivity index (χ3n) is 3.42. The average molecular weight is 281 g/mol. The highest BCUT2D eigenvalue weighted by molar-refractivity contribution is 7.99. The van der Waals surface area contributed by atoms with E-state index < -0.39 is 0 Å². The Hall–Kier alpha value is -1.30. The Kier molecular flexibility index (Phi) is 4.29. The molecule has 0 saturated carbocycles. The Morgan fingerprint density at radius 3 is 2.84 bits per heavy atom. The first-order valence-electron chi connectivity index (χ1n) is 6.56. The van der Waals surface area contributed by atoms with E-state index in [1.807, 2.05) is 18.7 Å². The van der Waals surface area contributed by atoms with Crippen molar-refractivity contribution in [1.82, 2.24) is 14.5 Å². The highest BCUT2D eigenvalue weighted by atomic mass is 32.2. The van der Waals surface area contributed by atoms with E-state index in [9.17, 15) is 9.59 Å². The first-order chi connectivity index (χ1) is 9.08. The van der Waals surface area contributed by atoms with Crippen LogP contribution in [-0.2, 0) is 11.3 Å². The van der Waals surface area contributed by atoms with E-state index in [1.54, 1.807) is 17.7 Å². The van der Waals surface area contributed by atoms with Crippen molar-refractivity contribution in [3.63, 3.8) is 0 Å². The molecule has 0 aliphatic carbocycles. The number of hydrogen-bond acceptors (Lipinski definition) is 4. The Bertz CT molecular complexity index is 537. The normalized spacial score (nSPS) is 17.9. The van der Waals surface area contributed by atoms with Crippen molar-refractivity contribution in [1.29, 1.82) is 0 Å². The minimum absolute atomic E-state index is 0.0328. The molecule has 0 radical (unpaired) electrons. The molecule has 0 aromatic carbocycles. The molecule has 2 heterocycles. The molecule has 0 saturated heterocycles. The maximum Gasteiger partial charge on any atom is 0.257 e. The van der Waals surface area contributed by atoms with Gasteiger partial charge >= 0.3 is 0 Å². The number of carbonyl (C=O) groups excluding carboxylic acids is 1. The molecule has 0 N–H and O–H groups in total. The van der Waals surface area contributed by atoms with Gasteiger partial charge in [0.2, 0.25) is 5.91 Å². The van der Waals surface area contributed by atoms with Gasteiger partial charge in [0, 0.05) is 37.1 Å². The van der Waals surface area contributed by atoms with Crippen LogP contribution in [0.4, 0.5) is 0 Å². The topological polar surface area (TPSA) is 55.2 Å². The minimum atomic E-state index is -0.126. The first-order valence-corrected chi connectivity index (χ1v) is 7.55. The molecular weight excluding hydrogens is 262 g/mol. The van der Waals surface area contributed by atoms with Crippen LogP contribution >= 0.6 is 11.8 Å². The summed E-state index contributed by atoms with van der Waals surface area (Å²) in [5.41, 5.74) is 0.592. The van der Waals surface area contributed by atoms with Crippen LogP contribution in [0, 0.1) is 12.8 Å². The Morgan fingerprint density at radius 2 is 2.21 bits per heavy atom. The van der Waals surface area contributed by atoms with E-state index >= 15 is 0 Å². The van der Waals surface area contributed by atoms with E-state index in [0.29, 0.717) is 31.0 Å². The lowest BCUT2D eigenvalue weighted by Gasteiger charge is -2.29. The molecule has 6 heteroatoms. The predicted octanol–water partition coefficient (Wildman–Crippen LogP) is 1.14. The van der Waals surface area contributed by atoms with Crippen LogP contribution in [0.5, 0.6) is 0 Å². The first kappa shape index (κ1) is 14.1. The Morgan fingerprint density at radius 1 is 1.53 bits per heavy atom. The van der Waals surface area contributed by atoms with Crippen molar-refractivity contribution in [3.05, 3.63) is 22.1 Å². The fourth-order valence-corrected chi connectivity index (χ4v) is 3.28. The van der Waals surface area contributed by atoms with Crippen LogP contribution in [0.15, 0.2) is 16.1 Å². The van der Waals surface area contributed by atoms with E-state index in [2.05, 4.69) is 4.98 Å². The lowest BCUT2D eigenvalue weighted by molar-refractivity contribution is -0.135. The monoisotopic (exact) mass is 281 g/mol. The summed E-state index contributed by atoms with van der Waals surface area (Å²) in [4.78, 5) is 30.5. The Labute approximate surface area is 117 Å². The fourth-order valence-electron chi connectivity index (χ4n) is 2.24. The van der Waals surface area contributed by atoms with Crippen LogP contribution in [-0.4, -0.2) is 39.2 Å². The van der Waals surface area contributed by atoms with E-state index in [1.165, 1.54) is 11.8 Å². The quantitative estimate of drug-likeness (QED) is 0.780. The van der Waals surface area contributed by atoms with Gasteiger partial charge in [-0.25, -0.2) is 4.98 Å². The van der Waals surface area contributed by atoms with E-state index in [4.69, 9.17) is 0 Å². The molecule has 1 unspecified atom stereocenters. The number of thioether (sulfide) groups is 1. The summed E-state index contributed by atoms with van der Waals surface area (Å²) in [5, 5.41) is 0.721. The molecule has 1 amide bonds. The van der Waals surface area contributed by atoms with Crippen molar-refractivity contribution in [2.24, 2.45) is 5.92 Å². The number of rotatable bonds is 3. The van der Waals surface area contributed by atoms with Gasteiger partial charge in [-0.15, -0.1) is 0 Å². The molecule has 104 valence electrons. The van der Waals surface area contributed by atoms with E-state index in [0.717, 1.165) is 5.16 Å². The van der Waals surface area contributed by atoms with Gasteiger partial charge in [-0.2, -0.15) is 0 Å². The van der Waals surface area contributed by atoms with Gasteiger partial charge < -0.3 is 4.90 Å². The van der Waals surface area contributed by atoms with Gasteiger partial charge in [0.25, 0.3) is 5.56 Å².